The van der Waals surface area contributed by atoms with Crippen molar-refractivity contribution in [2.45, 2.75) is 40.0 Å². The van der Waals surface area contributed by atoms with Crippen molar-refractivity contribution in [2.24, 2.45) is 28.7 Å². The molecular weight excluding hydrogens is 493 g/mol. The molecular formula is C22H38IN5O2. The summed E-state index contributed by atoms with van der Waals surface area (Å²) in [4.78, 5) is 34.0. The molecule has 2 N–H and O–H groups in total. The second-order valence-corrected chi connectivity index (χ2v) is 8.25. The van der Waals surface area contributed by atoms with E-state index in [9.17, 15) is 9.59 Å². The second-order valence-electron chi connectivity index (χ2n) is 8.25. The van der Waals surface area contributed by atoms with Gasteiger partial charge in [-0.3, -0.25) is 19.5 Å². The van der Waals surface area contributed by atoms with Crippen LogP contribution in [-0.2, 0) is 9.59 Å². The number of unbranched alkanes of at least 4 members (excludes halogenated alkanes) is 1. The van der Waals surface area contributed by atoms with E-state index in [0.717, 1.165) is 57.9 Å². The zero-order valence-electron chi connectivity index (χ0n) is 18.6. The fourth-order valence-corrected chi connectivity index (χ4v) is 4.99. The first-order chi connectivity index (χ1) is 14.1. The van der Waals surface area contributed by atoms with E-state index in [1.54, 1.807) is 0 Å². The van der Waals surface area contributed by atoms with Crippen LogP contribution in [0.2, 0.25) is 0 Å². The number of hydrogen-bond acceptors (Lipinski definition) is 4. The first kappa shape index (κ1) is 25.1. The SMILES string of the molecule is CCNC(=NCCCCN(CC)CC)NCCN1C(=O)C2C3C=CC(C3)C2C1=O.I. The molecule has 1 aliphatic heterocycles. The average molecular weight is 531 g/mol. The maximum atomic E-state index is 12.7. The Kier molecular flexibility index (Phi) is 10.1. The van der Waals surface area contributed by atoms with Gasteiger partial charge in [-0.25, -0.2) is 0 Å². The van der Waals surface area contributed by atoms with E-state index in [0.29, 0.717) is 13.1 Å². The largest absolute Gasteiger partial charge is 0.357 e. The summed E-state index contributed by atoms with van der Waals surface area (Å²) >= 11 is 0. The Morgan fingerprint density at radius 1 is 1.07 bits per heavy atom. The van der Waals surface area contributed by atoms with Crippen molar-refractivity contribution >= 4 is 41.8 Å². The number of nitrogens with one attached hydrogen (secondary N) is 2. The molecule has 3 aliphatic rings. The number of fused-ring (bicyclic) bond motifs is 5. The van der Waals surface area contributed by atoms with Gasteiger partial charge in [-0.15, -0.1) is 24.0 Å². The second kappa shape index (κ2) is 12.0. The Bertz CT molecular complexity index is 619. The van der Waals surface area contributed by atoms with Gasteiger partial charge in [0.15, 0.2) is 5.96 Å². The summed E-state index contributed by atoms with van der Waals surface area (Å²) in [6, 6.07) is 0. The molecule has 3 rings (SSSR count). The fourth-order valence-electron chi connectivity index (χ4n) is 4.99. The maximum absolute atomic E-state index is 12.7. The normalized spacial score (nSPS) is 27.1. The van der Waals surface area contributed by atoms with E-state index in [-0.39, 0.29) is 59.5 Å². The fraction of sp³-hybridized carbons (Fsp3) is 0.773. The van der Waals surface area contributed by atoms with Crippen LogP contribution in [0.5, 0.6) is 0 Å². The molecule has 1 heterocycles. The molecule has 30 heavy (non-hydrogen) atoms. The number of carbonyl (C=O) groups excluding carboxylic acids is 2. The molecule has 4 unspecified atom stereocenters. The smallest absolute Gasteiger partial charge is 0.233 e. The first-order valence-electron chi connectivity index (χ1n) is 11.4. The van der Waals surface area contributed by atoms with E-state index in [4.69, 9.17) is 0 Å². The van der Waals surface area contributed by atoms with Crippen molar-refractivity contribution in [3.8, 4) is 0 Å². The molecule has 4 atom stereocenters. The van der Waals surface area contributed by atoms with Crippen LogP contribution in [0.1, 0.15) is 40.0 Å². The Labute approximate surface area is 198 Å². The van der Waals surface area contributed by atoms with Gasteiger partial charge in [-0.2, -0.15) is 0 Å². The highest BCUT2D eigenvalue weighted by Crippen LogP contribution is 2.52. The van der Waals surface area contributed by atoms with Crippen LogP contribution in [0.15, 0.2) is 17.1 Å². The van der Waals surface area contributed by atoms with Crippen molar-refractivity contribution in [1.82, 2.24) is 20.4 Å². The average Bonchev–Trinajstić information content (AvgIpc) is 3.40. The zero-order valence-corrected chi connectivity index (χ0v) is 20.9. The Morgan fingerprint density at radius 3 is 2.27 bits per heavy atom. The number of allylic oxidation sites excluding steroid dienone is 2. The van der Waals surface area contributed by atoms with Crippen molar-refractivity contribution < 1.29 is 9.59 Å². The summed E-state index contributed by atoms with van der Waals surface area (Å²) in [7, 11) is 0. The first-order valence-corrected chi connectivity index (χ1v) is 11.4. The van der Waals surface area contributed by atoms with Crippen LogP contribution < -0.4 is 10.6 Å². The molecule has 0 aromatic rings. The molecule has 7 nitrogen and oxygen atoms in total. The van der Waals surface area contributed by atoms with Gasteiger partial charge >= 0.3 is 0 Å². The van der Waals surface area contributed by atoms with Crippen LogP contribution in [0.4, 0.5) is 0 Å². The van der Waals surface area contributed by atoms with Gasteiger partial charge in [0.05, 0.1) is 11.8 Å². The Hall–Kier alpha value is -1.16. The quantitative estimate of drug-likeness (QED) is 0.107. The van der Waals surface area contributed by atoms with Crippen molar-refractivity contribution in [2.75, 3.05) is 45.8 Å². The topological polar surface area (TPSA) is 77.0 Å². The lowest BCUT2D eigenvalue weighted by Crippen LogP contribution is -2.43. The van der Waals surface area contributed by atoms with E-state index in [1.807, 2.05) is 6.92 Å². The summed E-state index contributed by atoms with van der Waals surface area (Å²) in [5.41, 5.74) is 0. The third-order valence-corrected chi connectivity index (χ3v) is 6.58. The van der Waals surface area contributed by atoms with Crippen molar-refractivity contribution in [1.29, 1.82) is 0 Å². The van der Waals surface area contributed by atoms with Crippen LogP contribution in [0.3, 0.4) is 0 Å². The minimum absolute atomic E-state index is 0. The molecule has 8 heteroatoms. The summed E-state index contributed by atoms with van der Waals surface area (Å²) in [5, 5.41) is 6.53. The molecule has 1 saturated heterocycles. The number of rotatable bonds is 11. The highest BCUT2D eigenvalue weighted by Gasteiger charge is 2.58. The van der Waals surface area contributed by atoms with Gasteiger partial charge in [-0.05, 0) is 57.7 Å². The Morgan fingerprint density at radius 2 is 1.70 bits per heavy atom. The van der Waals surface area contributed by atoms with Crippen LogP contribution in [0, 0.1) is 23.7 Å². The number of likely N-dealkylation sites (tertiary alicyclic amines) is 1. The molecule has 2 aliphatic carbocycles. The van der Waals surface area contributed by atoms with Gasteiger partial charge < -0.3 is 15.5 Å². The summed E-state index contributed by atoms with van der Waals surface area (Å²) in [5.74, 6) is 1.14. The summed E-state index contributed by atoms with van der Waals surface area (Å²) in [6.45, 7) is 12.2. The van der Waals surface area contributed by atoms with Crippen LogP contribution in [0.25, 0.3) is 0 Å². The third-order valence-electron chi connectivity index (χ3n) is 6.58. The molecule has 0 aromatic heterocycles. The van der Waals surface area contributed by atoms with Crippen molar-refractivity contribution in [3.05, 3.63) is 12.2 Å². The molecule has 0 spiro atoms. The number of guanidine groups is 1. The number of imide groups is 1. The molecule has 1 saturated carbocycles. The van der Waals surface area contributed by atoms with E-state index < -0.39 is 0 Å². The van der Waals surface area contributed by atoms with Gasteiger partial charge in [0, 0.05) is 26.2 Å². The third kappa shape index (κ3) is 5.55. The van der Waals surface area contributed by atoms with E-state index in [2.05, 4.69) is 46.5 Å². The van der Waals surface area contributed by atoms with Gasteiger partial charge in [0.2, 0.25) is 11.8 Å². The van der Waals surface area contributed by atoms with Gasteiger partial charge in [-0.1, -0.05) is 26.0 Å². The highest BCUT2D eigenvalue weighted by atomic mass is 127. The molecule has 2 amide bonds. The van der Waals surface area contributed by atoms with E-state index in [1.165, 1.54) is 4.90 Å². The van der Waals surface area contributed by atoms with Crippen LogP contribution in [-0.4, -0.2) is 73.4 Å². The van der Waals surface area contributed by atoms with Crippen molar-refractivity contribution in [3.63, 3.8) is 0 Å². The van der Waals surface area contributed by atoms with Gasteiger partial charge in [0.25, 0.3) is 0 Å². The minimum atomic E-state index is -0.106. The summed E-state index contributed by atoms with van der Waals surface area (Å²) in [6.07, 6.45) is 7.43. The number of nitrogens with zero attached hydrogens (tertiary/aromatic N) is 3. The zero-order chi connectivity index (χ0) is 20.8. The standard InChI is InChI=1S/C22H37N5O2.HI/c1-4-23-22(24-11-7-8-13-26(5-2)6-3)25-12-14-27-20(28)18-16-9-10-17(15-16)19(18)21(27)29;/h9-10,16-19H,4-8,11-15H2,1-3H3,(H2,23,24,25);1H. The lowest BCUT2D eigenvalue weighted by atomic mass is 9.85. The number of aliphatic imine (C=N–C) groups is 1. The van der Waals surface area contributed by atoms with E-state index >= 15 is 0 Å². The molecule has 0 aromatic carbocycles. The molecule has 2 bridgehead atoms. The predicted molar refractivity (Wildman–Crippen MR) is 131 cm³/mol. The molecule has 2 fully saturated rings. The minimum Gasteiger partial charge on any atom is -0.357 e. The van der Waals surface area contributed by atoms with Gasteiger partial charge in [0.1, 0.15) is 0 Å². The lowest BCUT2D eigenvalue weighted by molar-refractivity contribution is -0.140. The maximum Gasteiger partial charge on any atom is 0.233 e. The molecule has 0 radical (unpaired) electrons. The van der Waals surface area contributed by atoms with Crippen LogP contribution >= 0.6 is 24.0 Å². The predicted octanol–water partition coefficient (Wildman–Crippen LogP) is 2.09. The molecule has 170 valence electrons. The highest BCUT2D eigenvalue weighted by molar-refractivity contribution is 14.0. The number of hydrogen-bond donors (Lipinski definition) is 2. The lowest BCUT2D eigenvalue weighted by Gasteiger charge is -2.19. The summed E-state index contributed by atoms with van der Waals surface area (Å²) < 4.78 is 0. The number of halogens is 1. The monoisotopic (exact) mass is 531 g/mol. The number of carbonyl (C=O) groups is 2. The number of amides is 2. The Balaban J connectivity index is 0.00000320.